The molecule has 1 aromatic carbocycles. The van der Waals surface area contributed by atoms with Gasteiger partial charge in [-0.25, -0.2) is 4.98 Å². The fraction of sp³-hybridized carbons (Fsp3) is 0.364. The summed E-state index contributed by atoms with van der Waals surface area (Å²) in [7, 11) is 1.71. The zero-order valence-electron chi connectivity index (χ0n) is 8.61. The molecule has 0 unspecified atom stereocenters. The molecule has 0 atom stereocenters. The van der Waals surface area contributed by atoms with E-state index in [2.05, 4.69) is 9.55 Å². The highest BCUT2D eigenvalue weighted by Crippen LogP contribution is 2.18. The molecule has 3 nitrogen and oxygen atoms in total. The molecule has 0 saturated heterocycles. The predicted molar refractivity (Wildman–Crippen MR) is 61.2 cm³/mol. The van der Waals surface area contributed by atoms with Crippen molar-refractivity contribution in [3.63, 3.8) is 0 Å². The fourth-order valence-corrected chi connectivity index (χ4v) is 1.75. The van der Waals surface area contributed by atoms with E-state index in [1.54, 1.807) is 7.11 Å². The minimum atomic E-state index is 0.746. The lowest BCUT2D eigenvalue weighted by molar-refractivity contribution is 0.190. The monoisotopic (exact) mass is 224 g/mol. The molecule has 1 aromatic heterocycles. The van der Waals surface area contributed by atoms with Crippen LogP contribution in [0.3, 0.4) is 0 Å². The SMILES string of the molecule is COCCCn1cnc2ccc(Cl)cc21. The lowest BCUT2D eigenvalue weighted by atomic mass is 10.3. The van der Waals surface area contributed by atoms with E-state index in [0.29, 0.717) is 0 Å². The highest BCUT2D eigenvalue weighted by Gasteiger charge is 2.02. The molecular weight excluding hydrogens is 212 g/mol. The van der Waals surface area contributed by atoms with E-state index in [1.807, 2.05) is 24.5 Å². The first-order chi connectivity index (χ1) is 7.31. The van der Waals surface area contributed by atoms with Gasteiger partial charge in [-0.3, -0.25) is 0 Å². The molecule has 0 aliphatic carbocycles. The van der Waals surface area contributed by atoms with Crippen LogP contribution >= 0.6 is 11.6 Å². The van der Waals surface area contributed by atoms with Crippen LogP contribution in [0, 0.1) is 0 Å². The molecule has 0 N–H and O–H groups in total. The van der Waals surface area contributed by atoms with E-state index in [4.69, 9.17) is 16.3 Å². The molecule has 0 bridgehead atoms. The molecular formula is C11H13ClN2O. The van der Waals surface area contributed by atoms with Crippen molar-refractivity contribution < 1.29 is 4.74 Å². The van der Waals surface area contributed by atoms with Crippen LogP contribution in [-0.4, -0.2) is 23.3 Å². The van der Waals surface area contributed by atoms with Gasteiger partial charge in [-0.15, -0.1) is 0 Å². The highest BCUT2D eigenvalue weighted by molar-refractivity contribution is 6.31. The van der Waals surface area contributed by atoms with Gasteiger partial charge in [0.2, 0.25) is 0 Å². The van der Waals surface area contributed by atoms with Gasteiger partial charge in [0.25, 0.3) is 0 Å². The normalized spacial score (nSPS) is 11.1. The van der Waals surface area contributed by atoms with Gasteiger partial charge in [0.1, 0.15) is 0 Å². The smallest absolute Gasteiger partial charge is 0.0958 e. The maximum Gasteiger partial charge on any atom is 0.0958 e. The number of ether oxygens (including phenoxy) is 1. The van der Waals surface area contributed by atoms with Gasteiger partial charge in [0.15, 0.2) is 0 Å². The first-order valence-electron chi connectivity index (χ1n) is 4.90. The van der Waals surface area contributed by atoms with Gasteiger partial charge in [-0.05, 0) is 24.6 Å². The summed E-state index contributed by atoms with van der Waals surface area (Å²) in [6, 6.07) is 5.73. The highest BCUT2D eigenvalue weighted by atomic mass is 35.5. The number of imidazole rings is 1. The van der Waals surface area contributed by atoms with E-state index in [1.165, 1.54) is 0 Å². The summed E-state index contributed by atoms with van der Waals surface area (Å²) < 4.78 is 7.11. The van der Waals surface area contributed by atoms with Crippen molar-refractivity contribution in [3.8, 4) is 0 Å². The molecule has 80 valence electrons. The standard InChI is InChI=1S/C11H13ClN2O/c1-15-6-2-5-14-8-13-10-4-3-9(12)7-11(10)14/h3-4,7-8H,2,5-6H2,1H3. The third-order valence-electron chi connectivity index (χ3n) is 2.33. The number of hydrogen-bond donors (Lipinski definition) is 0. The zero-order valence-corrected chi connectivity index (χ0v) is 9.37. The van der Waals surface area contributed by atoms with Crippen LogP contribution in [0.25, 0.3) is 11.0 Å². The average molecular weight is 225 g/mol. The van der Waals surface area contributed by atoms with Gasteiger partial charge in [-0.2, -0.15) is 0 Å². The molecule has 2 rings (SSSR count). The predicted octanol–water partition coefficient (Wildman–Crippen LogP) is 2.73. The van der Waals surface area contributed by atoms with Crippen molar-refractivity contribution >= 4 is 22.6 Å². The number of nitrogens with zero attached hydrogens (tertiary/aromatic N) is 2. The van der Waals surface area contributed by atoms with E-state index >= 15 is 0 Å². The average Bonchev–Trinajstić information content (AvgIpc) is 2.62. The summed E-state index contributed by atoms with van der Waals surface area (Å²) in [5.41, 5.74) is 2.07. The molecule has 0 radical (unpaired) electrons. The summed E-state index contributed by atoms with van der Waals surface area (Å²) in [6.07, 6.45) is 2.82. The van der Waals surface area contributed by atoms with Crippen LogP contribution in [-0.2, 0) is 11.3 Å². The van der Waals surface area contributed by atoms with Crippen LogP contribution < -0.4 is 0 Å². The number of fused-ring (bicyclic) bond motifs is 1. The van der Waals surface area contributed by atoms with E-state index in [9.17, 15) is 0 Å². The van der Waals surface area contributed by atoms with Gasteiger partial charge < -0.3 is 9.30 Å². The summed E-state index contributed by atoms with van der Waals surface area (Å²) in [5.74, 6) is 0. The number of halogens is 1. The van der Waals surface area contributed by atoms with Crippen molar-refractivity contribution in [1.82, 2.24) is 9.55 Å². The van der Waals surface area contributed by atoms with Gasteiger partial charge in [0.05, 0.1) is 17.4 Å². The molecule has 0 aliphatic heterocycles. The Kier molecular flexibility index (Phi) is 3.23. The quantitative estimate of drug-likeness (QED) is 0.747. The van der Waals surface area contributed by atoms with E-state index in [0.717, 1.165) is 35.6 Å². The number of benzene rings is 1. The Hall–Kier alpha value is -1.06. The van der Waals surface area contributed by atoms with Crippen molar-refractivity contribution in [2.75, 3.05) is 13.7 Å². The van der Waals surface area contributed by atoms with Crippen LogP contribution in [0.4, 0.5) is 0 Å². The van der Waals surface area contributed by atoms with Crippen LogP contribution in [0.2, 0.25) is 5.02 Å². The third-order valence-corrected chi connectivity index (χ3v) is 2.57. The molecule has 0 amide bonds. The van der Waals surface area contributed by atoms with Crippen molar-refractivity contribution in [1.29, 1.82) is 0 Å². The van der Waals surface area contributed by atoms with E-state index < -0.39 is 0 Å². The summed E-state index contributed by atoms with van der Waals surface area (Å²) in [4.78, 5) is 4.30. The Bertz CT molecular complexity index is 453. The van der Waals surface area contributed by atoms with Gasteiger partial charge >= 0.3 is 0 Å². The number of aromatic nitrogens is 2. The van der Waals surface area contributed by atoms with Crippen molar-refractivity contribution in [3.05, 3.63) is 29.5 Å². The van der Waals surface area contributed by atoms with Gasteiger partial charge in [-0.1, -0.05) is 11.6 Å². The van der Waals surface area contributed by atoms with Crippen molar-refractivity contribution in [2.45, 2.75) is 13.0 Å². The topological polar surface area (TPSA) is 27.1 Å². The number of aryl methyl sites for hydroxylation is 1. The molecule has 2 aromatic rings. The van der Waals surface area contributed by atoms with E-state index in [-0.39, 0.29) is 0 Å². The Morgan fingerprint density at radius 2 is 2.33 bits per heavy atom. The second kappa shape index (κ2) is 4.64. The second-order valence-corrected chi connectivity index (χ2v) is 3.85. The maximum absolute atomic E-state index is 5.94. The Morgan fingerprint density at radius 1 is 1.47 bits per heavy atom. The molecule has 0 fully saturated rings. The summed E-state index contributed by atoms with van der Waals surface area (Å²) >= 11 is 5.94. The largest absolute Gasteiger partial charge is 0.385 e. The first kappa shape index (κ1) is 10.5. The molecule has 0 saturated carbocycles. The van der Waals surface area contributed by atoms with Crippen LogP contribution in [0.15, 0.2) is 24.5 Å². The van der Waals surface area contributed by atoms with Crippen LogP contribution in [0.1, 0.15) is 6.42 Å². The lowest BCUT2D eigenvalue weighted by Gasteiger charge is -2.03. The maximum atomic E-state index is 5.94. The summed E-state index contributed by atoms with van der Waals surface area (Å²) in [6.45, 7) is 1.67. The number of methoxy groups -OCH3 is 1. The minimum absolute atomic E-state index is 0.746. The second-order valence-electron chi connectivity index (χ2n) is 3.42. The fourth-order valence-electron chi connectivity index (χ4n) is 1.59. The first-order valence-corrected chi connectivity index (χ1v) is 5.28. The van der Waals surface area contributed by atoms with Crippen LogP contribution in [0.5, 0.6) is 0 Å². The molecule has 4 heteroatoms. The lowest BCUT2D eigenvalue weighted by Crippen LogP contribution is -1.99. The molecule has 1 heterocycles. The zero-order chi connectivity index (χ0) is 10.7. The number of hydrogen-bond acceptors (Lipinski definition) is 2. The number of rotatable bonds is 4. The van der Waals surface area contributed by atoms with Crippen molar-refractivity contribution in [2.24, 2.45) is 0 Å². The molecule has 15 heavy (non-hydrogen) atoms. The Balaban J connectivity index is 2.23. The summed E-state index contributed by atoms with van der Waals surface area (Å²) in [5, 5.41) is 0.746. The Morgan fingerprint density at radius 3 is 3.13 bits per heavy atom. The molecule has 0 aliphatic rings. The van der Waals surface area contributed by atoms with Gasteiger partial charge in [0, 0.05) is 25.3 Å². The third kappa shape index (κ3) is 2.30. The minimum Gasteiger partial charge on any atom is -0.385 e. The molecule has 0 spiro atoms. The Labute approximate surface area is 93.6 Å².